The molecule has 0 fully saturated rings. The molecule has 1 unspecified atom stereocenters. The number of ether oxygens (including phenoxy) is 1. The summed E-state index contributed by atoms with van der Waals surface area (Å²) < 4.78 is 31.2. The quantitative estimate of drug-likeness (QED) is 0.741. The van der Waals surface area contributed by atoms with Crippen molar-refractivity contribution in [3.63, 3.8) is 0 Å². The van der Waals surface area contributed by atoms with Gasteiger partial charge in [0.2, 0.25) is 10.0 Å². The van der Waals surface area contributed by atoms with Crippen LogP contribution in [-0.2, 0) is 14.8 Å². The van der Waals surface area contributed by atoms with Gasteiger partial charge in [0.1, 0.15) is 0 Å². The molecule has 7 heteroatoms. The summed E-state index contributed by atoms with van der Waals surface area (Å²) in [4.78, 5) is 11.4. The summed E-state index contributed by atoms with van der Waals surface area (Å²) in [5.41, 5.74) is 5.56. The van der Waals surface area contributed by atoms with Crippen LogP contribution in [0.2, 0.25) is 0 Å². The van der Waals surface area contributed by atoms with Gasteiger partial charge in [0, 0.05) is 12.6 Å². The minimum atomic E-state index is -3.75. The van der Waals surface area contributed by atoms with Crippen LogP contribution in [0, 0.1) is 0 Å². The Morgan fingerprint density at radius 1 is 1.42 bits per heavy atom. The van der Waals surface area contributed by atoms with Crippen molar-refractivity contribution < 1.29 is 17.9 Å². The lowest BCUT2D eigenvalue weighted by Crippen LogP contribution is -2.30. The Labute approximate surface area is 113 Å². The van der Waals surface area contributed by atoms with E-state index in [2.05, 4.69) is 9.46 Å². The Balaban J connectivity index is 2.98. The van der Waals surface area contributed by atoms with E-state index in [1.54, 1.807) is 19.1 Å². The van der Waals surface area contributed by atoms with E-state index in [1.807, 2.05) is 0 Å². The number of nitrogens with one attached hydrogen (secondary N) is 1. The van der Waals surface area contributed by atoms with Crippen LogP contribution in [0.3, 0.4) is 0 Å². The molecule has 0 aliphatic heterocycles. The summed E-state index contributed by atoms with van der Waals surface area (Å²) in [6, 6.07) is 5.80. The van der Waals surface area contributed by atoms with Crippen LogP contribution >= 0.6 is 0 Å². The van der Waals surface area contributed by atoms with Crippen molar-refractivity contribution in [3.05, 3.63) is 29.8 Å². The topological polar surface area (TPSA) is 98.5 Å². The van der Waals surface area contributed by atoms with Gasteiger partial charge in [-0.3, -0.25) is 0 Å². The first kappa shape index (κ1) is 15.6. The normalized spacial score (nSPS) is 13.0. The van der Waals surface area contributed by atoms with Gasteiger partial charge < -0.3 is 10.5 Å². The highest BCUT2D eigenvalue weighted by molar-refractivity contribution is 7.89. The third-order valence-electron chi connectivity index (χ3n) is 2.47. The molecule has 0 heterocycles. The molecule has 0 aliphatic rings. The molecule has 106 valence electrons. The molecular formula is C12H18N2O4S. The lowest BCUT2D eigenvalue weighted by Gasteiger charge is -2.11. The number of sulfonamides is 1. The molecule has 3 N–H and O–H groups in total. The summed E-state index contributed by atoms with van der Waals surface area (Å²) in [6.07, 6.45) is 0.514. The van der Waals surface area contributed by atoms with Gasteiger partial charge in [-0.05, 0) is 25.5 Å². The van der Waals surface area contributed by atoms with E-state index < -0.39 is 16.0 Å². The molecule has 0 bridgehead atoms. The first-order valence-corrected chi connectivity index (χ1v) is 7.29. The number of hydrogen-bond donors (Lipinski definition) is 2. The highest BCUT2D eigenvalue weighted by Gasteiger charge is 2.22. The second-order valence-corrected chi connectivity index (χ2v) is 5.89. The molecular weight excluding hydrogens is 268 g/mol. The molecule has 0 saturated carbocycles. The summed E-state index contributed by atoms with van der Waals surface area (Å²) in [5.74, 6) is -0.687. The molecule has 0 radical (unpaired) electrons. The number of nitrogens with two attached hydrogens (primary N) is 1. The Bertz CT molecular complexity index is 540. The van der Waals surface area contributed by atoms with Crippen LogP contribution < -0.4 is 10.5 Å². The van der Waals surface area contributed by atoms with Crippen LogP contribution in [0.1, 0.15) is 23.7 Å². The Morgan fingerprint density at radius 2 is 2.05 bits per heavy atom. The molecule has 0 aliphatic carbocycles. The number of benzene rings is 1. The van der Waals surface area contributed by atoms with E-state index in [1.165, 1.54) is 19.2 Å². The standard InChI is InChI=1S/C12H18N2O4S/c1-9(13)7-8-14-19(16,17)11-6-4-3-5-10(11)12(15)18-2/h3-6,9,14H,7-8,13H2,1-2H3. The van der Waals surface area contributed by atoms with E-state index in [4.69, 9.17) is 5.73 Å². The Morgan fingerprint density at radius 3 is 2.63 bits per heavy atom. The Kier molecular flexibility index (Phi) is 5.46. The van der Waals surface area contributed by atoms with Crippen molar-refractivity contribution in [1.29, 1.82) is 0 Å². The molecule has 0 amide bonds. The predicted octanol–water partition coefficient (Wildman–Crippen LogP) is 0.489. The lowest BCUT2D eigenvalue weighted by atomic mass is 10.2. The summed E-state index contributed by atoms with van der Waals surface area (Å²) in [5, 5.41) is 0. The maximum absolute atomic E-state index is 12.1. The van der Waals surface area contributed by atoms with Crippen LogP contribution in [0.5, 0.6) is 0 Å². The maximum atomic E-state index is 12.1. The SMILES string of the molecule is COC(=O)c1ccccc1S(=O)(=O)NCCC(C)N. The number of carbonyl (C=O) groups excluding carboxylic acids is 1. The molecule has 1 atom stereocenters. The van der Waals surface area contributed by atoms with E-state index in [0.717, 1.165) is 0 Å². The minimum Gasteiger partial charge on any atom is -0.465 e. The van der Waals surface area contributed by atoms with E-state index >= 15 is 0 Å². The number of esters is 1. The maximum Gasteiger partial charge on any atom is 0.339 e. The largest absolute Gasteiger partial charge is 0.465 e. The molecule has 0 spiro atoms. The van der Waals surface area contributed by atoms with Crippen molar-refractivity contribution in [3.8, 4) is 0 Å². The van der Waals surface area contributed by atoms with Gasteiger partial charge in [-0.1, -0.05) is 12.1 Å². The second kappa shape index (κ2) is 6.65. The van der Waals surface area contributed by atoms with Gasteiger partial charge in [-0.15, -0.1) is 0 Å². The second-order valence-electron chi connectivity index (χ2n) is 4.15. The first-order valence-electron chi connectivity index (χ1n) is 5.81. The van der Waals surface area contributed by atoms with Crippen molar-refractivity contribution >= 4 is 16.0 Å². The van der Waals surface area contributed by atoms with Gasteiger partial charge in [-0.25, -0.2) is 17.9 Å². The van der Waals surface area contributed by atoms with Gasteiger partial charge >= 0.3 is 5.97 Å². The third kappa shape index (κ3) is 4.30. The van der Waals surface area contributed by atoms with Crippen LogP contribution in [0.15, 0.2) is 29.2 Å². The fourth-order valence-corrected chi connectivity index (χ4v) is 2.72. The molecule has 6 nitrogen and oxygen atoms in total. The smallest absolute Gasteiger partial charge is 0.339 e. The molecule has 0 saturated heterocycles. The molecule has 1 aromatic rings. The summed E-state index contributed by atoms with van der Waals surface area (Å²) in [6.45, 7) is 2.01. The van der Waals surface area contributed by atoms with Crippen LogP contribution in [-0.4, -0.2) is 34.1 Å². The van der Waals surface area contributed by atoms with Gasteiger partial charge in [0.15, 0.2) is 0 Å². The van der Waals surface area contributed by atoms with Gasteiger partial charge in [0.05, 0.1) is 17.6 Å². The molecule has 0 aromatic heterocycles. The fraction of sp³-hybridized carbons (Fsp3) is 0.417. The molecule has 19 heavy (non-hydrogen) atoms. The van der Waals surface area contributed by atoms with E-state index in [0.29, 0.717) is 6.42 Å². The number of rotatable bonds is 6. The molecule has 1 aromatic carbocycles. The van der Waals surface area contributed by atoms with E-state index in [-0.39, 0.29) is 23.0 Å². The first-order chi connectivity index (χ1) is 8.88. The highest BCUT2D eigenvalue weighted by atomic mass is 32.2. The zero-order chi connectivity index (χ0) is 14.5. The Hall–Kier alpha value is -1.44. The van der Waals surface area contributed by atoms with E-state index in [9.17, 15) is 13.2 Å². The summed E-state index contributed by atoms with van der Waals surface area (Å²) >= 11 is 0. The average Bonchev–Trinajstić information content (AvgIpc) is 2.37. The van der Waals surface area contributed by atoms with Crippen molar-refractivity contribution in [2.75, 3.05) is 13.7 Å². The third-order valence-corrected chi connectivity index (χ3v) is 3.99. The number of methoxy groups -OCH3 is 1. The summed E-state index contributed by atoms with van der Waals surface area (Å²) in [7, 11) is -2.54. The van der Waals surface area contributed by atoms with Crippen molar-refractivity contribution in [1.82, 2.24) is 4.72 Å². The molecule has 1 rings (SSSR count). The lowest BCUT2D eigenvalue weighted by molar-refractivity contribution is 0.0596. The van der Waals surface area contributed by atoms with Crippen molar-refractivity contribution in [2.24, 2.45) is 5.73 Å². The van der Waals surface area contributed by atoms with Crippen LogP contribution in [0.25, 0.3) is 0 Å². The monoisotopic (exact) mass is 286 g/mol. The van der Waals surface area contributed by atoms with Gasteiger partial charge in [-0.2, -0.15) is 0 Å². The van der Waals surface area contributed by atoms with Gasteiger partial charge in [0.25, 0.3) is 0 Å². The van der Waals surface area contributed by atoms with Crippen molar-refractivity contribution in [2.45, 2.75) is 24.3 Å². The zero-order valence-corrected chi connectivity index (χ0v) is 11.7. The number of hydrogen-bond acceptors (Lipinski definition) is 5. The minimum absolute atomic E-state index is 0.0123. The zero-order valence-electron chi connectivity index (χ0n) is 10.9. The fourth-order valence-electron chi connectivity index (χ4n) is 1.48. The number of carbonyl (C=O) groups is 1. The van der Waals surface area contributed by atoms with Crippen LogP contribution in [0.4, 0.5) is 0 Å². The average molecular weight is 286 g/mol. The highest BCUT2D eigenvalue weighted by Crippen LogP contribution is 2.16. The predicted molar refractivity (Wildman–Crippen MR) is 71.2 cm³/mol.